The van der Waals surface area contributed by atoms with Gasteiger partial charge in [-0.3, -0.25) is 4.79 Å². The molecule has 1 fully saturated rings. The van der Waals surface area contributed by atoms with Crippen molar-refractivity contribution in [3.63, 3.8) is 0 Å². The number of nitrogens with zero attached hydrogens (tertiary/aromatic N) is 1. The van der Waals surface area contributed by atoms with Crippen molar-refractivity contribution >= 4 is 29.3 Å². The number of nitrogen functional groups attached to an aromatic ring is 1. The number of rotatable bonds is 2. The average molecular weight is 298 g/mol. The Bertz CT molecular complexity index is 536. The van der Waals surface area contributed by atoms with Crippen molar-refractivity contribution in [1.82, 2.24) is 10.2 Å². The number of methoxy groups -OCH3 is 1. The molecule has 1 heterocycles. The molecule has 1 aliphatic rings. The Labute approximate surface area is 121 Å². The Balaban J connectivity index is 2.04. The van der Waals surface area contributed by atoms with Gasteiger partial charge < -0.3 is 20.7 Å². The molecule has 0 aromatic heterocycles. The zero-order valence-electron chi connectivity index (χ0n) is 11.1. The summed E-state index contributed by atoms with van der Waals surface area (Å²) < 4.78 is 4.54. The molecule has 0 spiro atoms. The van der Waals surface area contributed by atoms with Gasteiger partial charge in [0.2, 0.25) is 0 Å². The maximum absolute atomic E-state index is 12.4. The summed E-state index contributed by atoms with van der Waals surface area (Å²) in [5, 5.41) is 2.94. The number of benzene rings is 1. The molecule has 2 amide bonds. The number of carbonyl (C=O) groups is 2. The third kappa shape index (κ3) is 2.96. The summed E-state index contributed by atoms with van der Waals surface area (Å²) >= 11 is 6.05. The molecule has 20 heavy (non-hydrogen) atoms. The first kappa shape index (κ1) is 14.5. The third-order valence-electron chi connectivity index (χ3n) is 3.24. The minimum atomic E-state index is -0.494. The van der Waals surface area contributed by atoms with Crippen LogP contribution in [0.3, 0.4) is 0 Å². The quantitative estimate of drug-likeness (QED) is 0.810. The summed E-state index contributed by atoms with van der Waals surface area (Å²) in [5.41, 5.74) is 6.45. The molecule has 0 saturated carbocycles. The topological polar surface area (TPSA) is 84.7 Å². The summed E-state index contributed by atoms with van der Waals surface area (Å²) in [5.74, 6) is -0.184. The number of nitrogens with two attached hydrogens (primary N) is 1. The molecule has 0 bridgehead atoms. The van der Waals surface area contributed by atoms with E-state index in [4.69, 9.17) is 17.3 Å². The Morgan fingerprint density at radius 1 is 1.50 bits per heavy atom. The third-order valence-corrected chi connectivity index (χ3v) is 3.66. The lowest BCUT2D eigenvalue weighted by molar-refractivity contribution is 0.0788. The van der Waals surface area contributed by atoms with Gasteiger partial charge in [-0.15, -0.1) is 0 Å². The molecule has 7 heteroatoms. The largest absolute Gasteiger partial charge is 0.453 e. The fourth-order valence-electron chi connectivity index (χ4n) is 2.17. The number of likely N-dealkylation sites (tertiary alicyclic amines) is 1. The highest BCUT2D eigenvalue weighted by Crippen LogP contribution is 2.25. The zero-order chi connectivity index (χ0) is 14.7. The molecule has 0 aliphatic carbocycles. The minimum absolute atomic E-state index is 0.105. The van der Waals surface area contributed by atoms with Gasteiger partial charge in [-0.1, -0.05) is 17.7 Å². The van der Waals surface area contributed by atoms with E-state index >= 15 is 0 Å². The molecule has 108 valence electrons. The predicted molar refractivity (Wildman–Crippen MR) is 75.7 cm³/mol. The van der Waals surface area contributed by atoms with Gasteiger partial charge in [0.05, 0.1) is 29.4 Å². The van der Waals surface area contributed by atoms with Crippen LogP contribution in [0.2, 0.25) is 5.02 Å². The van der Waals surface area contributed by atoms with E-state index in [0.29, 0.717) is 30.8 Å². The summed E-state index contributed by atoms with van der Waals surface area (Å²) in [4.78, 5) is 25.1. The number of nitrogens with one attached hydrogen (secondary N) is 1. The summed E-state index contributed by atoms with van der Waals surface area (Å²) in [6.45, 7) is 0.984. The molecule has 3 N–H and O–H groups in total. The molecule has 1 saturated heterocycles. The molecule has 1 aliphatic heterocycles. The van der Waals surface area contributed by atoms with E-state index in [1.807, 2.05) is 0 Å². The number of alkyl carbamates (subject to hydrolysis) is 1. The molecule has 1 unspecified atom stereocenters. The van der Waals surface area contributed by atoms with E-state index < -0.39 is 6.09 Å². The van der Waals surface area contributed by atoms with Crippen LogP contribution in [0.1, 0.15) is 16.8 Å². The van der Waals surface area contributed by atoms with Gasteiger partial charge in [0.1, 0.15) is 0 Å². The second-order valence-electron chi connectivity index (χ2n) is 4.58. The first-order valence-electron chi connectivity index (χ1n) is 6.20. The number of hydrogen-bond acceptors (Lipinski definition) is 4. The lowest BCUT2D eigenvalue weighted by Gasteiger charge is -2.18. The van der Waals surface area contributed by atoms with Crippen molar-refractivity contribution in [2.75, 3.05) is 25.9 Å². The molecule has 1 aromatic carbocycles. The maximum Gasteiger partial charge on any atom is 0.407 e. The molecule has 2 rings (SSSR count). The number of amides is 2. The van der Waals surface area contributed by atoms with Crippen LogP contribution in [0.5, 0.6) is 0 Å². The molecule has 1 aromatic rings. The van der Waals surface area contributed by atoms with Crippen molar-refractivity contribution in [2.24, 2.45) is 0 Å². The van der Waals surface area contributed by atoms with E-state index in [1.54, 1.807) is 23.1 Å². The highest BCUT2D eigenvalue weighted by Gasteiger charge is 2.29. The highest BCUT2D eigenvalue weighted by atomic mass is 35.5. The van der Waals surface area contributed by atoms with Crippen molar-refractivity contribution in [2.45, 2.75) is 12.5 Å². The SMILES string of the molecule is COC(=O)NC1CCN(C(=O)c2cccc(N)c2Cl)C1. The van der Waals surface area contributed by atoms with Crippen LogP contribution >= 0.6 is 11.6 Å². The Morgan fingerprint density at radius 3 is 2.95 bits per heavy atom. The maximum atomic E-state index is 12.4. The highest BCUT2D eigenvalue weighted by molar-refractivity contribution is 6.36. The normalized spacial score (nSPS) is 17.9. The van der Waals surface area contributed by atoms with Crippen LogP contribution in [0.15, 0.2) is 18.2 Å². The average Bonchev–Trinajstić information content (AvgIpc) is 2.89. The first-order chi connectivity index (χ1) is 9.52. The van der Waals surface area contributed by atoms with Gasteiger partial charge >= 0.3 is 6.09 Å². The van der Waals surface area contributed by atoms with Crippen LogP contribution in [0, 0.1) is 0 Å². The van der Waals surface area contributed by atoms with E-state index in [9.17, 15) is 9.59 Å². The number of carbonyl (C=O) groups excluding carboxylic acids is 2. The Hall–Kier alpha value is -1.95. The Morgan fingerprint density at radius 2 is 2.25 bits per heavy atom. The van der Waals surface area contributed by atoms with Crippen molar-refractivity contribution in [3.8, 4) is 0 Å². The van der Waals surface area contributed by atoms with Crippen molar-refractivity contribution in [1.29, 1.82) is 0 Å². The van der Waals surface area contributed by atoms with Crippen LogP contribution in [-0.4, -0.2) is 43.1 Å². The second-order valence-corrected chi connectivity index (χ2v) is 4.96. The second kappa shape index (κ2) is 6.00. The monoisotopic (exact) mass is 297 g/mol. The number of anilines is 1. The molecule has 1 atom stereocenters. The summed E-state index contributed by atoms with van der Waals surface area (Å²) in [6.07, 6.45) is 0.187. The van der Waals surface area contributed by atoms with Crippen LogP contribution in [-0.2, 0) is 4.74 Å². The summed E-state index contributed by atoms with van der Waals surface area (Å²) in [6, 6.07) is 4.87. The lowest BCUT2D eigenvalue weighted by atomic mass is 10.2. The van der Waals surface area contributed by atoms with E-state index in [-0.39, 0.29) is 17.0 Å². The van der Waals surface area contributed by atoms with Gasteiger partial charge in [-0.2, -0.15) is 0 Å². The number of halogens is 1. The van der Waals surface area contributed by atoms with Crippen LogP contribution in [0.4, 0.5) is 10.5 Å². The van der Waals surface area contributed by atoms with Gasteiger partial charge in [0.25, 0.3) is 5.91 Å². The van der Waals surface area contributed by atoms with E-state index in [0.717, 1.165) is 0 Å². The molecular weight excluding hydrogens is 282 g/mol. The molecule has 6 nitrogen and oxygen atoms in total. The standard InChI is InChI=1S/C13H16ClN3O3/c1-20-13(19)16-8-5-6-17(7-8)12(18)9-3-2-4-10(15)11(9)14/h2-4,8H,5-7,15H2,1H3,(H,16,19). The van der Waals surface area contributed by atoms with E-state index in [1.165, 1.54) is 7.11 Å². The van der Waals surface area contributed by atoms with Gasteiger partial charge in [0.15, 0.2) is 0 Å². The minimum Gasteiger partial charge on any atom is -0.453 e. The first-order valence-corrected chi connectivity index (χ1v) is 6.58. The van der Waals surface area contributed by atoms with Crippen LogP contribution < -0.4 is 11.1 Å². The fourth-order valence-corrected chi connectivity index (χ4v) is 2.38. The van der Waals surface area contributed by atoms with E-state index in [2.05, 4.69) is 10.1 Å². The van der Waals surface area contributed by atoms with Gasteiger partial charge in [0, 0.05) is 13.1 Å². The Kier molecular flexibility index (Phi) is 4.34. The number of ether oxygens (including phenoxy) is 1. The smallest absolute Gasteiger partial charge is 0.407 e. The van der Waals surface area contributed by atoms with Gasteiger partial charge in [-0.25, -0.2) is 4.79 Å². The lowest BCUT2D eigenvalue weighted by Crippen LogP contribution is -2.38. The van der Waals surface area contributed by atoms with Crippen LogP contribution in [0.25, 0.3) is 0 Å². The van der Waals surface area contributed by atoms with Crippen molar-refractivity contribution < 1.29 is 14.3 Å². The molecular formula is C13H16ClN3O3. The van der Waals surface area contributed by atoms with Crippen molar-refractivity contribution in [3.05, 3.63) is 28.8 Å². The number of hydrogen-bond donors (Lipinski definition) is 2. The summed E-state index contributed by atoms with van der Waals surface area (Å²) in [7, 11) is 1.31. The fraction of sp³-hybridized carbons (Fsp3) is 0.385. The zero-order valence-corrected chi connectivity index (χ0v) is 11.8. The predicted octanol–water partition coefficient (Wildman–Crippen LogP) is 1.49. The van der Waals surface area contributed by atoms with Gasteiger partial charge in [-0.05, 0) is 18.6 Å². The molecule has 0 radical (unpaired) electrons.